The number of nitrogens with one attached hydrogen (secondary N) is 1. The molecular weight excluding hydrogens is 250 g/mol. The third-order valence-electron chi connectivity index (χ3n) is 4.10. The van der Waals surface area contributed by atoms with Gasteiger partial charge < -0.3 is 10.1 Å². The third kappa shape index (κ3) is 3.83. The van der Waals surface area contributed by atoms with Crippen molar-refractivity contribution in [1.82, 2.24) is 5.32 Å². The van der Waals surface area contributed by atoms with Crippen LogP contribution in [0.1, 0.15) is 51.0 Å². The zero-order chi connectivity index (χ0) is 14.4. The number of hydrogen-bond donors (Lipinski definition) is 1. The molecule has 3 heteroatoms. The standard InChI is InChI=1S/C17H25NO2/c1-3-20-17(19)13(2)18-16-12-8-7-11-15(16)14-9-5-4-6-10-14/h4-6,9-10,13,15-16,18H,3,7-8,11-12H2,1-2H3. The molecule has 3 atom stereocenters. The fourth-order valence-electron chi connectivity index (χ4n) is 3.09. The number of rotatable bonds is 5. The van der Waals surface area contributed by atoms with Crippen molar-refractivity contribution >= 4 is 5.97 Å². The number of carbonyl (C=O) groups is 1. The zero-order valence-corrected chi connectivity index (χ0v) is 12.5. The predicted octanol–water partition coefficient (Wildman–Crippen LogP) is 3.25. The van der Waals surface area contributed by atoms with Gasteiger partial charge in [-0.25, -0.2) is 0 Å². The first kappa shape index (κ1) is 15.0. The molecule has 2 rings (SSSR count). The molecule has 0 radical (unpaired) electrons. The summed E-state index contributed by atoms with van der Waals surface area (Å²) in [5, 5.41) is 3.48. The maximum absolute atomic E-state index is 11.8. The van der Waals surface area contributed by atoms with Crippen molar-refractivity contribution in [2.24, 2.45) is 0 Å². The average molecular weight is 275 g/mol. The van der Waals surface area contributed by atoms with E-state index in [1.165, 1.54) is 24.8 Å². The van der Waals surface area contributed by atoms with Crippen molar-refractivity contribution in [3.05, 3.63) is 35.9 Å². The van der Waals surface area contributed by atoms with E-state index in [0.717, 1.165) is 6.42 Å². The minimum Gasteiger partial charge on any atom is -0.465 e. The molecule has 1 aromatic carbocycles. The van der Waals surface area contributed by atoms with E-state index in [4.69, 9.17) is 4.74 Å². The van der Waals surface area contributed by atoms with Gasteiger partial charge in [0, 0.05) is 6.04 Å². The van der Waals surface area contributed by atoms with Crippen LogP contribution in [0, 0.1) is 0 Å². The summed E-state index contributed by atoms with van der Waals surface area (Å²) >= 11 is 0. The topological polar surface area (TPSA) is 38.3 Å². The van der Waals surface area contributed by atoms with Crippen LogP contribution >= 0.6 is 0 Å². The van der Waals surface area contributed by atoms with Crippen molar-refractivity contribution < 1.29 is 9.53 Å². The molecule has 0 amide bonds. The first-order chi connectivity index (χ1) is 9.72. The van der Waals surface area contributed by atoms with E-state index in [0.29, 0.717) is 18.6 Å². The van der Waals surface area contributed by atoms with Crippen LogP contribution in [0.15, 0.2) is 30.3 Å². The smallest absolute Gasteiger partial charge is 0.322 e. The third-order valence-corrected chi connectivity index (χ3v) is 4.10. The molecule has 1 aliphatic carbocycles. The highest BCUT2D eigenvalue weighted by Gasteiger charge is 2.29. The molecule has 3 unspecified atom stereocenters. The van der Waals surface area contributed by atoms with E-state index in [2.05, 4.69) is 35.6 Å². The van der Waals surface area contributed by atoms with E-state index in [1.54, 1.807) is 0 Å². The maximum Gasteiger partial charge on any atom is 0.322 e. The molecule has 3 nitrogen and oxygen atoms in total. The predicted molar refractivity (Wildman–Crippen MR) is 80.7 cm³/mol. The normalized spacial score (nSPS) is 24.1. The van der Waals surface area contributed by atoms with E-state index >= 15 is 0 Å². The molecule has 0 bridgehead atoms. The lowest BCUT2D eigenvalue weighted by molar-refractivity contribution is -0.145. The maximum atomic E-state index is 11.8. The van der Waals surface area contributed by atoms with Gasteiger partial charge in [-0.05, 0) is 38.2 Å². The molecule has 0 saturated heterocycles. The number of esters is 1. The van der Waals surface area contributed by atoms with Crippen LogP contribution in [0.2, 0.25) is 0 Å². The van der Waals surface area contributed by atoms with Crippen LogP contribution in [0.4, 0.5) is 0 Å². The number of carbonyl (C=O) groups excluding carboxylic acids is 1. The van der Waals surface area contributed by atoms with Gasteiger partial charge in [-0.2, -0.15) is 0 Å². The van der Waals surface area contributed by atoms with E-state index in [-0.39, 0.29) is 12.0 Å². The van der Waals surface area contributed by atoms with Crippen LogP contribution in [0.5, 0.6) is 0 Å². The van der Waals surface area contributed by atoms with Crippen LogP contribution < -0.4 is 5.32 Å². The fraction of sp³-hybridized carbons (Fsp3) is 0.588. The van der Waals surface area contributed by atoms with Crippen LogP contribution in [0.25, 0.3) is 0 Å². The van der Waals surface area contributed by atoms with E-state index < -0.39 is 0 Å². The Labute approximate surface area is 121 Å². The van der Waals surface area contributed by atoms with E-state index in [1.807, 2.05) is 13.8 Å². The molecule has 110 valence electrons. The summed E-state index contributed by atoms with van der Waals surface area (Å²) < 4.78 is 5.08. The second-order valence-corrected chi connectivity index (χ2v) is 5.55. The van der Waals surface area contributed by atoms with Gasteiger partial charge >= 0.3 is 5.97 Å². The van der Waals surface area contributed by atoms with E-state index in [9.17, 15) is 4.79 Å². The number of hydrogen-bond acceptors (Lipinski definition) is 3. The van der Waals surface area contributed by atoms with Crippen molar-refractivity contribution in [3.63, 3.8) is 0 Å². The summed E-state index contributed by atoms with van der Waals surface area (Å²) in [7, 11) is 0. The van der Waals surface area contributed by atoms with Gasteiger partial charge in [0.05, 0.1) is 6.61 Å². The lowest BCUT2D eigenvalue weighted by atomic mass is 9.79. The molecule has 1 aliphatic rings. The Balaban J connectivity index is 2.02. The van der Waals surface area contributed by atoms with Gasteiger partial charge in [-0.1, -0.05) is 43.2 Å². The highest BCUT2D eigenvalue weighted by atomic mass is 16.5. The van der Waals surface area contributed by atoms with Gasteiger partial charge in [0.2, 0.25) is 0 Å². The molecular formula is C17H25NO2. The number of benzene rings is 1. The largest absolute Gasteiger partial charge is 0.465 e. The minimum atomic E-state index is -0.232. The summed E-state index contributed by atoms with van der Waals surface area (Å²) in [5.74, 6) is 0.353. The van der Waals surface area contributed by atoms with Crippen molar-refractivity contribution in [3.8, 4) is 0 Å². The molecule has 1 aromatic rings. The second-order valence-electron chi connectivity index (χ2n) is 5.55. The van der Waals surface area contributed by atoms with Crippen molar-refractivity contribution in [2.75, 3.05) is 6.61 Å². The Morgan fingerprint density at radius 3 is 2.70 bits per heavy atom. The SMILES string of the molecule is CCOC(=O)C(C)NC1CCCCC1c1ccccc1. The first-order valence-electron chi connectivity index (χ1n) is 7.70. The lowest BCUT2D eigenvalue weighted by Gasteiger charge is -2.34. The Morgan fingerprint density at radius 1 is 1.30 bits per heavy atom. The van der Waals surface area contributed by atoms with Crippen LogP contribution in [0.3, 0.4) is 0 Å². The van der Waals surface area contributed by atoms with Gasteiger partial charge in [0.25, 0.3) is 0 Å². The highest BCUT2D eigenvalue weighted by molar-refractivity contribution is 5.75. The minimum absolute atomic E-state index is 0.148. The number of ether oxygens (including phenoxy) is 1. The Kier molecular flexibility index (Phi) is 5.60. The Hall–Kier alpha value is -1.35. The summed E-state index contributed by atoms with van der Waals surface area (Å²) in [4.78, 5) is 11.8. The Bertz CT molecular complexity index is 418. The molecule has 1 N–H and O–H groups in total. The zero-order valence-electron chi connectivity index (χ0n) is 12.5. The Morgan fingerprint density at radius 2 is 2.00 bits per heavy atom. The molecule has 1 fully saturated rings. The van der Waals surface area contributed by atoms with Gasteiger partial charge in [0.1, 0.15) is 6.04 Å². The second kappa shape index (κ2) is 7.44. The van der Waals surface area contributed by atoms with Crippen molar-refractivity contribution in [2.45, 2.75) is 57.5 Å². The average Bonchev–Trinajstić information content (AvgIpc) is 2.49. The summed E-state index contributed by atoms with van der Waals surface area (Å²) in [5.41, 5.74) is 1.38. The molecule has 0 spiro atoms. The lowest BCUT2D eigenvalue weighted by Crippen LogP contribution is -2.46. The van der Waals surface area contributed by atoms with Gasteiger partial charge in [-0.15, -0.1) is 0 Å². The summed E-state index contributed by atoms with van der Waals surface area (Å²) in [6.45, 7) is 4.18. The quantitative estimate of drug-likeness (QED) is 0.838. The summed E-state index contributed by atoms with van der Waals surface area (Å²) in [6.07, 6.45) is 4.82. The molecule has 20 heavy (non-hydrogen) atoms. The highest BCUT2D eigenvalue weighted by Crippen LogP contribution is 2.33. The molecule has 0 aromatic heterocycles. The molecule has 1 saturated carbocycles. The van der Waals surface area contributed by atoms with Crippen molar-refractivity contribution in [1.29, 1.82) is 0 Å². The fourth-order valence-corrected chi connectivity index (χ4v) is 3.09. The van der Waals surface area contributed by atoms with Crippen LogP contribution in [-0.2, 0) is 9.53 Å². The monoisotopic (exact) mass is 275 g/mol. The van der Waals surface area contributed by atoms with Crippen LogP contribution in [-0.4, -0.2) is 24.7 Å². The molecule has 0 aliphatic heterocycles. The first-order valence-corrected chi connectivity index (χ1v) is 7.70. The van der Waals surface area contributed by atoms with Gasteiger partial charge in [-0.3, -0.25) is 4.79 Å². The van der Waals surface area contributed by atoms with Gasteiger partial charge in [0.15, 0.2) is 0 Å². The molecule has 0 heterocycles. The summed E-state index contributed by atoms with van der Waals surface area (Å²) in [6, 6.07) is 10.8.